The summed E-state index contributed by atoms with van der Waals surface area (Å²) in [5.74, 6) is 3.79. The van der Waals surface area contributed by atoms with Crippen LogP contribution in [0.1, 0.15) is 56.8 Å². The zero-order chi connectivity index (χ0) is 31.8. The van der Waals surface area contributed by atoms with Gasteiger partial charge in [0.05, 0.1) is 39.9 Å². The molecule has 2 amide bonds. The third kappa shape index (κ3) is 6.17. The molecule has 7 rings (SSSR count). The molecule has 3 atom stereocenters. The van der Waals surface area contributed by atoms with Crippen LogP contribution in [0.25, 0.3) is 33.6 Å². The molecule has 4 aromatic rings. The van der Waals surface area contributed by atoms with Crippen molar-refractivity contribution in [1.29, 1.82) is 0 Å². The van der Waals surface area contributed by atoms with Gasteiger partial charge in [-0.3, -0.25) is 4.79 Å². The van der Waals surface area contributed by atoms with E-state index in [4.69, 9.17) is 15.5 Å². The lowest BCUT2D eigenvalue weighted by Crippen LogP contribution is -2.44. The molecular formula is C34H39N7O3S2. The molecule has 5 N–H and O–H groups in total. The van der Waals surface area contributed by atoms with Crippen LogP contribution in [0.4, 0.5) is 4.79 Å². The molecule has 5 heterocycles. The Hall–Kier alpha value is -3.74. The summed E-state index contributed by atoms with van der Waals surface area (Å²) in [6.45, 7) is 5.29. The van der Waals surface area contributed by atoms with Gasteiger partial charge in [-0.05, 0) is 47.4 Å². The van der Waals surface area contributed by atoms with E-state index in [9.17, 15) is 9.59 Å². The summed E-state index contributed by atoms with van der Waals surface area (Å²) >= 11 is 4.18. The van der Waals surface area contributed by atoms with Crippen molar-refractivity contribution in [1.82, 2.24) is 30.2 Å². The van der Waals surface area contributed by atoms with E-state index in [0.29, 0.717) is 10.6 Å². The maximum atomic E-state index is 13.3. The molecule has 46 heavy (non-hydrogen) atoms. The lowest BCUT2D eigenvalue weighted by molar-refractivity contribution is -0.143. The SMILES string of the molecule is CC(C)[C@H](OC(N)=O)C(=O)N1CCC[C@H]1c1ncc(-c2ccc(-c3ccc(-c4cnc([C@@H]5CC6(CN5)SCCS6)[nH]4)cc3)cc2)[nH]1. The normalized spacial score (nSPS) is 21.3. The molecule has 0 unspecified atom stereocenters. The van der Waals surface area contributed by atoms with Crippen LogP contribution >= 0.6 is 23.5 Å². The summed E-state index contributed by atoms with van der Waals surface area (Å²) in [6.07, 6.45) is 4.63. The van der Waals surface area contributed by atoms with E-state index in [0.717, 1.165) is 71.1 Å². The van der Waals surface area contributed by atoms with Crippen molar-refractivity contribution >= 4 is 35.5 Å². The second-order valence-corrected chi connectivity index (χ2v) is 15.8. The van der Waals surface area contributed by atoms with Gasteiger partial charge in [0.25, 0.3) is 5.91 Å². The number of rotatable bonds is 8. The number of nitrogens with two attached hydrogens (primary N) is 1. The summed E-state index contributed by atoms with van der Waals surface area (Å²) in [6, 6.07) is 17.0. The first-order valence-corrected chi connectivity index (χ1v) is 17.8. The molecule has 3 fully saturated rings. The van der Waals surface area contributed by atoms with E-state index in [-0.39, 0.29) is 23.9 Å². The van der Waals surface area contributed by atoms with Crippen molar-refractivity contribution < 1.29 is 14.3 Å². The Morgan fingerprint density at radius 3 is 2.07 bits per heavy atom. The predicted octanol–water partition coefficient (Wildman–Crippen LogP) is 6.13. The number of imidazole rings is 2. The Bertz CT molecular complexity index is 1700. The number of aromatic amines is 2. The Kier molecular flexibility index (Phi) is 8.60. The predicted molar refractivity (Wildman–Crippen MR) is 183 cm³/mol. The highest BCUT2D eigenvalue weighted by Crippen LogP contribution is 2.51. The second kappa shape index (κ2) is 12.8. The number of hydrogen-bond acceptors (Lipinski definition) is 8. The minimum atomic E-state index is -0.943. The van der Waals surface area contributed by atoms with E-state index < -0.39 is 12.2 Å². The van der Waals surface area contributed by atoms with Crippen LogP contribution < -0.4 is 11.1 Å². The first-order chi connectivity index (χ1) is 22.3. The molecule has 10 nitrogen and oxygen atoms in total. The third-order valence-electron chi connectivity index (χ3n) is 9.14. The molecule has 3 aliphatic heterocycles. The van der Waals surface area contributed by atoms with Crippen molar-refractivity contribution in [3.63, 3.8) is 0 Å². The van der Waals surface area contributed by atoms with Crippen molar-refractivity contribution in [3.05, 3.63) is 72.6 Å². The van der Waals surface area contributed by atoms with Gasteiger partial charge in [0.1, 0.15) is 11.6 Å². The Balaban J connectivity index is 1.01. The zero-order valence-electron chi connectivity index (χ0n) is 26.0. The summed E-state index contributed by atoms with van der Waals surface area (Å²) in [5, 5.41) is 3.68. The van der Waals surface area contributed by atoms with Crippen LogP contribution in [-0.4, -0.2) is 71.6 Å². The van der Waals surface area contributed by atoms with E-state index in [1.165, 1.54) is 11.5 Å². The molecule has 0 bridgehead atoms. The van der Waals surface area contributed by atoms with Crippen LogP contribution in [0.5, 0.6) is 0 Å². The van der Waals surface area contributed by atoms with Gasteiger partial charge in [-0.25, -0.2) is 14.8 Å². The van der Waals surface area contributed by atoms with Crippen LogP contribution in [0.15, 0.2) is 60.9 Å². The van der Waals surface area contributed by atoms with Gasteiger partial charge >= 0.3 is 6.09 Å². The number of benzene rings is 2. The average molecular weight is 658 g/mol. The number of carbonyl (C=O) groups excluding carboxylic acids is 2. The second-order valence-electron chi connectivity index (χ2n) is 12.6. The smallest absolute Gasteiger partial charge is 0.405 e. The fourth-order valence-corrected chi connectivity index (χ4v) is 9.90. The van der Waals surface area contributed by atoms with Gasteiger partial charge in [0, 0.05) is 24.6 Å². The molecule has 0 saturated carbocycles. The lowest BCUT2D eigenvalue weighted by Gasteiger charge is -2.29. The molecular weight excluding hydrogens is 619 g/mol. The highest BCUT2D eigenvalue weighted by molar-refractivity contribution is 8.21. The molecule has 0 radical (unpaired) electrons. The number of nitrogens with zero attached hydrogens (tertiary/aromatic N) is 3. The molecule has 240 valence electrons. The Morgan fingerprint density at radius 1 is 0.913 bits per heavy atom. The topological polar surface area (TPSA) is 142 Å². The highest BCUT2D eigenvalue weighted by atomic mass is 32.2. The number of H-pyrrole nitrogens is 2. The molecule has 2 aromatic carbocycles. The van der Waals surface area contributed by atoms with Gasteiger partial charge in [-0.1, -0.05) is 62.4 Å². The standard InChI is InChI=1S/C34H39N7O3S2/c1-20(2)29(44-33(35)43)32(42)41-13-3-4-28(41)31-37-18-27(40-31)24-11-7-22(8-12-24)21-5-9-23(10-6-21)26-17-36-30(39-26)25-16-34(19-38-25)45-14-15-46-34/h5-12,17-18,20,25,28-29,38H,3-4,13-16,19H2,1-2H3,(H2,35,43)(H,36,39)(H,37,40)/t25-,28-,29-/m0/s1. The van der Waals surface area contributed by atoms with Gasteiger partial charge in [0.15, 0.2) is 6.10 Å². The van der Waals surface area contributed by atoms with Gasteiger partial charge in [-0.15, -0.1) is 23.5 Å². The first kappa shape index (κ1) is 30.9. The number of thioether (sulfide) groups is 2. The number of amides is 2. The molecule has 1 spiro atoms. The van der Waals surface area contributed by atoms with Gasteiger partial charge in [-0.2, -0.15) is 0 Å². The first-order valence-electron chi connectivity index (χ1n) is 15.9. The molecule has 3 aliphatic rings. The molecule has 3 saturated heterocycles. The monoisotopic (exact) mass is 657 g/mol. The summed E-state index contributed by atoms with van der Waals surface area (Å²) in [5.41, 5.74) is 11.5. The fourth-order valence-electron chi connectivity index (χ4n) is 6.72. The molecule has 0 aliphatic carbocycles. The van der Waals surface area contributed by atoms with Gasteiger partial charge < -0.3 is 30.7 Å². The number of ether oxygens (including phenoxy) is 1. The minimum absolute atomic E-state index is 0.191. The van der Waals surface area contributed by atoms with Crippen molar-refractivity contribution in [2.75, 3.05) is 24.6 Å². The summed E-state index contributed by atoms with van der Waals surface area (Å²) < 4.78 is 5.48. The zero-order valence-corrected chi connectivity index (χ0v) is 27.6. The maximum absolute atomic E-state index is 13.3. The maximum Gasteiger partial charge on any atom is 0.405 e. The quantitative estimate of drug-likeness (QED) is 0.177. The Labute approximate surface area is 277 Å². The van der Waals surface area contributed by atoms with Crippen LogP contribution in [0.2, 0.25) is 0 Å². The van der Waals surface area contributed by atoms with E-state index in [1.807, 2.05) is 26.2 Å². The lowest BCUT2D eigenvalue weighted by atomic mass is 10.0. The van der Waals surface area contributed by atoms with E-state index in [1.54, 1.807) is 4.90 Å². The van der Waals surface area contributed by atoms with Crippen LogP contribution in [-0.2, 0) is 9.53 Å². The highest BCUT2D eigenvalue weighted by Gasteiger charge is 2.44. The Morgan fingerprint density at radius 2 is 1.48 bits per heavy atom. The van der Waals surface area contributed by atoms with Crippen molar-refractivity contribution in [2.45, 2.75) is 55.4 Å². The van der Waals surface area contributed by atoms with Crippen LogP contribution in [0.3, 0.4) is 0 Å². The van der Waals surface area contributed by atoms with Crippen molar-refractivity contribution in [2.24, 2.45) is 11.7 Å². The number of nitrogens with one attached hydrogen (secondary N) is 3. The van der Waals surface area contributed by atoms with E-state index in [2.05, 4.69) is 92.3 Å². The number of likely N-dealkylation sites (tertiary alicyclic amines) is 1. The summed E-state index contributed by atoms with van der Waals surface area (Å²) in [7, 11) is 0. The largest absolute Gasteiger partial charge is 0.436 e. The molecule has 2 aromatic heterocycles. The number of carbonyl (C=O) groups is 2. The number of primary amides is 1. The summed E-state index contributed by atoms with van der Waals surface area (Å²) in [4.78, 5) is 42.8. The van der Waals surface area contributed by atoms with Crippen molar-refractivity contribution in [3.8, 4) is 33.6 Å². The van der Waals surface area contributed by atoms with Crippen LogP contribution in [0, 0.1) is 5.92 Å². The average Bonchev–Trinajstić information content (AvgIpc) is 3.90. The number of aromatic nitrogens is 4. The minimum Gasteiger partial charge on any atom is -0.436 e. The third-order valence-corrected chi connectivity index (χ3v) is 12.6. The fraction of sp³-hybridized carbons (Fsp3) is 0.412. The van der Waals surface area contributed by atoms with E-state index >= 15 is 0 Å². The van der Waals surface area contributed by atoms with Gasteiger partial charge in [0.2, 0.25) is 0 Å². The number of hydrogen-bond donors (Lipinski definition) is 4. The molecule has 12 heteroatoms.